The second-order valence-corrected chi connectivity index (χ2v) is 8.12. The van der Waals surface area contributed by atoms with Gasteiger partial charge < -0.3 is 19.2 Å². The van der Waals surface area contributed by atoms with E-state index in [4.69, 9.17) is 26.1 Å². The van der Waals surface area contributed by atoms with Gasteiger partial charge >= 0.3 is 0 Å². The lowest BCUT2D eigenvalue weighted by Crippen LogP contribution is -2.34. The van der Waals surface area contributed by atoms with Crippen LogP contribution in [0.5, 0.6) is 11.5 Å². The molecule has 0 aliphatic carbocycles. The molecule has 0 spiro atoms. The molecule has 0 unspecified atom stereocenters. The van der Waals surface area contributed by atoms with Gasteiger partial charge in [-0.2, -0.15) is 0 Å². The zero-order chi connectivity index (χ0) is 24.2. The number of oxazole rings is 1. The van der Waals surface area contributed by atoms with Crippen LogP contribution in [-0.4, -0.2) is 30.2 Å². The number of hydrogen-bond acceptors (Lipinski definition) is 6. The van der Waals surface area contributed by atoms with E-state index >= 15 is 0 Å². The number of amides is 1. The summed E-state index contributed by atoms with van der Waals surface area (Å²) in [5.74, 6) is 1.16. The van der Waals surface area contributed by atoms with Crippen molar-refractivity contribution in [1.29, 1.82) is 0 Å². The summed E-state index contributed by atoms with van der Waals surface area (Å²) in [6.07, 6.45) is 0.933. The number of aryl methyl sites for hydroxylation is 2. The third-order valence-corrected chi connectivity index (χ3v) is 5.64. The van der Waals surface area contributed by atoms with E-state index in [2.05, 4.69) is 22.5 Å². The smallest absolute Gasteiger partial charge is 0.257 e. The fourth-order valence-electron chi connectivity index (χ4n) is 3.47. The maximum atomic E-state index is 12.7. The molecule has 0 saturated heterocycles. The quantitative estimate of drug-likeness (QED) is 0.356. The maximum absolute atomic E-state index is 12.7. The number of fused-ring (bicyclic) bond motifs is 1. The molecule has 34 heavy (non-hydrogen) atoms. The molecule has 174 valence electrons. The number of rotatable bonds is 6. The Balaban J connectivity index is 1.52. The molecule has 0 saturated carbocycles. The standard InChI is InChI=1S/C26H25N3O4S/c1-5-16-7-9-23-22(10-16)27-25(33-23)17-8-6-15(2)21(13-17)28-26(34)29-24(30)18-11-19(31-3)14-20(12-18)32-4/h6-14H,5H2,1-4H3,(H2,28,29,30,34). The van der Waals surface area contributed by atoms with Gasteiger partial charge in [-0.3, -0.25) is 10.1 Å². The molecule has 3 aromatic carbocycles. The molecule has 0 aliphatic rings. The van der Waals surface area contributed by atoms with Crippen molar-refractivity contribution >= 4 is 40.0 Å². The van der Waals surface area contributed by atoms with Crippen molar-refractivity contribution in [2.24, 2.45) is 0 Å². The van der Waals surface area contributed by atoms with Gasteiger partial charge in [-0.15, -0.1) is 0 Å². The number of nitrogens with zero attached hydrogens (tertiary/aromatic N) is 1. The van der Waals surface area contributed by atoms with Crippen LogP contribution in [0.25, 0.3) is 22.6 Å². The Labute approximate surface area is 203 Å². The van der Waals surface area contributed by atoms with Gasteiger partial charge in [0.1, 0.15) is 17.0 Å². The first-order chi connectivity index (χ1) is 16.4. The Morgan fingerprint density at radius 2 is 1.76 bits per heavy atom. The number of aromatic nitrogens is 1. The van der Waals surface area contributed by atoms with Crippen LogP contribution in [0.4, 0.5) is 5.69 Å². The molecule has 0 aliphatic heterocycles. The molecule has 4 rings (SSSR count). The second kappa shape index (κ2) is 9.93. The van der Waals surface area contributed by atoms with E-state index in [1.165, 1.54) is 19.8 Å². The molecule has 4 aromatic rings. The van der Waals surface area contributed by atoms with E-state index in [9.17, 15) is 4.79 Å². The molecule has 1 aromatic heterocycles. The van der Waals surface area contributed by atoms with Crippen molar-refractivity contribution in [2.45, 2.75) is 20.3 Å². The fourth-order valence-corrected chi connectivity index (χ4v) is 3.68. The van der Waals surface area contributed by atoms with E-state index in [0.717, 1.165) is 34.3 Å². The molecule has 2 N–H and O–H groups in total. The first-order valence-corrected chi connectivity index (χ1v) is 11.2. The van der Waals surface area contributed by atoms with E-state index < -0.39 is 0 Å². The first kappa shape index (κ1) is 23.3. The highest BCUT2D eigenvalue weighted by atomic mass is 32.1. The average molecular weight is 476 g/mol. The normalized spacial score (nSPS) is 10.7. The van der Waals surface area contributed by atoms with Crippen molar-refractivity contribution in [3.8, 4) is 23.0 Å². The number of ether oxygens (including phenoxy) is 2. The minimum atomic E-state index is -0.380. The zero-order valence-corrected chi connectivity index (χ0v) is 20.2. The summed E-state index contributed by atoms with van der Waals surface area (Å²) in [5.41, 5.74) is 5.61. The highest BCUT2D eigenvalue weighted by Crippen LogP contribution is 2.29. The second-order valence-electron chi connectivity index (χ2n) is 7.71. The van der Waals surface area contributed by atoms with Crippen LogP contribution in [0.2, 0.25) is 0 Å². The van der Waals surface area contributed by atoms with E-state index in [-0.39, 0.29) is 11.0 Å². The molecule has 8 heteroatoms. The maximum Gasteiger partial charge on any atom is 0.257 e. The van der Waals surface area contributed by atoms with Crippen LogP contribution < -0.4 is 20.1 Å². The van der Waals surface area contributed by atoms with Gasteiger partial charge in [0, 0.05) is 22.9 Å². The van der Waals surface area contributed by atoms with Crippen molar-refractivity contribution in [3.63, 3.8) is 0 Å². The topological polar surface area (TPSA) is 85.6 Å². The Hall–Kier alpha value is -3.91. The van der Waals surface area contributed by atoms with Crippen molar-refractivity contribution in [2.75, 3.05) is 19.5 Å². The zero-order valence-electron chi connectivity index (χ0n) is 19.4. The number of carbonyl (C=O) groups is 1. The van der Waals surface area contributed by atoms with Crippen molar-refractivity contribution in [1.82, 2.24) is 10.3 Å². The summed E-state index contributed by atoms with van der Waals surface area (Å²) >= 11 is 5.39. The third kappa shape index (κ3) is 5.02. The molecular formula is C26H25N3O4S. The van der Waals surface area contributed by atoms with Crippen LogP contribution >= 0.6 is 12.2 Å². The summed E-state index contributed by atoms with van der Waals surface area (Å²) in [7, 11) is 3.05. The Kier molecular flexibility index (Phi) is 6.79. The molecule has 7 nitrogen and oxygen atoms in total. The number of carbonyl (C=O) groups excluding carboxylic acids is 1. The highest BCUT2D eigenvalue weighted by molar-refractivity contribution is 7.80. The first-order valence-electron chi connectivity index (χ1n) is 10.8. The molecule has 0 bridgehead atoms. The van der Waals surface area contributed by atoms with Gasteiger partial charge in [0.2, 0.25) is 5.89 Å². The van der Waals surface area contributed by atoms with E-state index in [0.29, 0.717) is 23.0 Å². The predicted molar refractivity (Wildman–Crippen MR) is 137 cm³/mol. The lowest BCUT2D eigenvalue weighted by atomic mass is 10.1. The van der Waals surface area contributed by atoms with Gasteiger partial charge in [0.15, 0.2) is 10.7 Å². The third-order valence-electron chi connectivity index (χ3n) is 5.43. The highest BCUT2D eigenvalue weighted by Gasteiger charge is 2.14. The number of nitrogens with one attached hydrogen (secondary N) is 2. The molecular weight excluding hydrogens is 450 g/mol. The molecule has 0 fully saturated rings. The van der Waals surface area contributed by atoms with Crippen LogP contribution in [0.3, 0.4) is 0 Å². The van der Waals surface area contributed by atoms with Crippen LogP contribution in [0.1, 0.15) is 28.4 Å². The van der Waals surface area contributed by atoms with Crippen molar-refractivity contribution in [3.05, 3.63) is 71.3 Å². The lowest BCUT2D eigenvalue weighted by molar-refractivity contribution is 0.0977. The van der Waals surface area contributed by atoms with E-state index in [1.54, 1.807) is 18.2 Å². The summed E-state index contributed by atoms with van der Waals surface area (Å²) in [5, 5.41) is 5.96. The Morgan fingerprint density at radius 3 is 2.44 bits per heavy atom. The van der Waals surface area contributed by atoms with Crippen LogP contribution in [0.15, 0.2) is 59.0 Å². The monoisotopic (exact) mass is 475 g/mol. The largest absolute Gasteiger partial charge is 0.497 e. The summed E-state index contributed by atoms with van der Waals surface area (Å²) in [6.45, 7) is 4.05. The lowest BCUT2D eigenvalue weighted by Gasteiger charge is -2.13. The number of anilines is 1. The van der Waals surface area contributed by atoms with Crippen LogP contribution in [0, 0.1) is 6.92 Å². The van der Waals surface area contributed by atoms with Gasteiger partial charge in [-0.25, -0.2) is 4.98 Å². The molecule has 1 amide bonds. The van der Waals surface area contributed by atoms with Gasteiger partial charge in [-0.1, -0.05) is 19.1 Å². The molecule has 1 heterocycles. The van der Waals surface area contributed by atoms with Gasteiger partial charge in [0.05, 0.1) is 14.2 Å². The summed E-state index contributed by atoms with van der Waals surface area (Å²) in [4.78, 5) is 17.4. The molecule has 0 atom stereocenters. The minimum absolute atomic E-state index is 0.164. The number of thiocarbonyl (C=S) groups is 1. The SMILES string of the molecule is CCc1ccc2oc(-c3ccc(C)c(NC(=S)NC(=O)c4cc(OC)cc(OC)c4)c3)nc2c1. The Bertz CT molecular complexity index is 1360. The number of hydrogen-bond donors (Lipinski definition) is 2. The fraction of sp³-hybridized carbons (Fsp3) is 0.192. The van der Waals surface area contributed by atoms with Gasteiger partial charge in [-0.05, 0) is 73.1 Å². The van der Waals surface area contributed by atoms with Crippen LogP contribution in [-0.2, 0) is 6.42 Å². The predicted octanol–water partition coefficient (Wildman–Crippen LogP) is 5.51. The van der Waals surface area contributed by atoms with E-state index in [1.807, 2.05) is 43.3 Å². The number of methoxy groups -OCH3 is 2. The van der Waals surface area contributed by atoms with Crippen molar-refractivity contribution < 1.29 is 18.7 Å². The summed E-state index contributed by atoms with van der Waals surface area (Å²) in [6, 6.07) is 16.7. The average Bonchev–Trinajstić information content (AvgIpc) is 3.28. The molecule has 0 radical (unpaired) electrons. The number of benzene rings is 3. The Morgan fingerprint density at radius 1 is 1.03 bits per heavy atom. The van der Waals surface area contributed by atoms with Gasteiger partial charge in [0.25, 0.3) is 5.91 Å². The summed E-state index contributed by atoms with van der Waals surface area (Å²) < 4.78 is 16.4. The minimum Gasteiger partial charge on any atom is -0.497 e.